The lowest BCUT2D eigenvalue weighted by Gasteiger charge is -2.39. The predicted octanol–water partition coefficient (Wildman–Crippen LogP) is 4.69. The first-order valence-corrected chi connectivity index (χ1v) is 14.8. The maximum Gasteiger partial charge on any atom is 0.303 e. The number of amides is 1. The van der Waals surface area contributed by atoms with Crippen LogP contribution in [0.15, 0.2) is 60.7 Å². The normalized spacial score (nSPS) is 20.7. The summed E-state index contributed by atoms with van der Waals surface area (Å²) in [6.45, 7) is 5.16. The van der Waals surface area contributed by atoms with E-state index in [9.17, 15) is 14.7 Å². The fourth-order valence-corrected chi connectivity index (χ4v) is 5.69. The summed E-state index contributed by atoms with van der Waals surface area (Å²) in [6, 6.07) is 19.2. The first-order chi connectivity index (χ1) is 21.3. The van der Waals surface area contributed by atoms with Gasteiger partial charge in [0.1, 0.15) is 0 Å². The van der Waals surface area contributed by atoms with E-state index in [1.807, 2.05) is 36.4 Å². The molecule has 2 heterocycles. The number of carbonyl (C=O) groups excluding carboxylic acids is 2. The number of rotatable bonds is 10. The van der Waals surface area contributed by atoms with Gasteiger partial charge in [-0.15, -0.1) is 0 Å². The Hall–Kier alpha value is -3.96. The van der Waals surface area contributed by atoms with Crippen molar-refractivity contribution in [3.05, 3.63) is 88.5 Å². The van der Waals surface area contributed by atoms with Crippen LogP contribution in [-0.2, 0) is 43.4 Å². The minimum Gasteiger partial charge on any atom is -0.493 e. The zero-order valence-corrected chi connectivity index (χ0v) is 25.6. The van der Waals surface area contributed by atoms with Gasteiger partial charge in [-0.05, 0) is 59.9 Å². The molecule has 1 amide bonds. The van der Waals surface area contributed by atoms with Crippen LogP contribution in [0.5, 0.6) is 11.5 Å². The third-order valence-corrected chi connectivity index (χ3v) is 8.04. The molecule has 2 aliphatic heterocycles. The van der Waals surface area contributed by atoms with Crippen molar-refractivity contribution < 1.29 is 38.4 Å². The average Bonchev–Trinajstić information content (AvgIpc) is 3.04. The molecule has 0 bridgehead atoms. The first-order valence-electron chi connectivity index (χ1n) is 14.8. The summed E-state index contributed by atoms with van der Waals surface area (Å²) >= 11 is 0. The van der Waals surface area contributed by atoms with Crippen molar-refractivity contribution in [3.63, 3.8) is 0 Å². The molecule has 0 unspecified atom stereocenters. The van der Waals surface area contributed by atoms with Crippen LogP contribution in [0.25, 0.3) is 0 Å². The van der Waals surface area contributed by atoms with Crippen LogP contribution in [0.1, 0.15) is 60.5 Å². The van der Waals surface area contributed by atoms with Gasteiger partial charge in [-0.2, -0.15) is 0 Å². The number of benzene rings is 3. The van der Waals surface area contributed by atoms with Gasteiger partial charge in [0.25, 0.3) is 5.91 Å². The van der Waals surface area contributed by atoms with Crippen molar-refractivity contribution in [2.75, 3.05) is 32.6 Å². The zero-order valence-electron chi connectivity index (χ0n) is 25.6. The highest BCUT2D eigenvalue weighted by molar-refractivity contribution is 5.94. The molecule has 44 heavy (non-hydrogen) atoms. The number of nitrogens with one attached hydrogen (secondary N) is 1. The van der Waals surface area contributed by atoms with Crippen LogP contribution in [0.4, 0.5) is 5.69 Å². The maximum absolute atomic E-state index is 12.4. The lowest BCUT2D eigenvalue weighted by Crippen LogP contribution is -2.41. The Labute approximate surface area is 257 Å². The van der Waals surface area contributed by atoms with E-state index in [1.54, 1.807) is 26.4 Å². The van der Waals surface area contributed by atoms with Gasteiger partial charge in [0.15, 0.2) is 23.9 Å². The van der Waals surface area contributed by atoms with Gasteiger partial charge < -0.3 is 34.1 Å². The third-order valence-electron chi connectivity index (χ3n) is 8.04. The smallest absolute Gasteiger partial charge is 0.303 e. The number of aliphatic hydroxyl groups excluding tert-OH is 1. The number of fused-ring (bicyclic) bond motifs is 1. The molecule has 3 aromatic rings. The zero-order chi connectivity index (χ0) is 31.2. The summed E-state index contributed by atoms with van der Waals surface area (Å²) in [4.78, 5) is 26.0. The Morgan fingerprint density at radius 1 is 0.977 bits per heavy atom. The van der Waals surface area contributed by atoms with Gasteiger partial charge >= 0.3 is 5.97 Å². The van der Waals surface area contributed by atoms with Crippen LogP contribution >= 0.6 is 0 Å². The van der Waals surface area contributed by atoms with E-state index in [-0.39, 0.29) is 18.8 Å². The van der Waals surface area contributed by atoms with E-state index in [1.165, 1.54) is 25.0 Å². The number of carbonyl (C=O) groups is 2. The van der Waals surface area contributed by atoms with Crippen LogP contribution in [0.2, 0.25) is 0 Å². The maximum atomic E-state index is 12.4. The monoisotopic (exact) mass is 604 g/mol. The van der Waals surface area contributed by atoms with Crippen LogP contribution < -0.4 is 14.8 Å². The fourth-order valence-electron chi connectivity index (χ4n) is 5.69. The van der Waals surface area contributed by atoms with E-state index >= 15 is 0 Å². The molecule has 10 heteroatoms. The van der Waals surface area contributed by atoms with Gasteiger partial charge in [-0.1, -0.05) is 36.4 Å². The molecule has 4 atom stereocenters. The van der Waals surface area contributed by atoms with Crippen LogP contribution in [-0.4, -0.2) is 61.4 Å². The SMILES string of the molecule is COc1cc2c(cc1OC)CN(C[C@@H]1C[C@H](c3ccc(CO)cc3)O[C@H](c3ccc(NC(=O)[C@H](C)OC(C)=O)cc3)O1)CC2. The molecule has 2 aliphatic rings. The number of hydrogen-bond acceptors (Lipinski definition) is 9. The molecule has 1 saturated heterocycles. The van der Waals surface area contributed by atoms with Crippen molar-refractivity contribution >= 4 is 17.6 Å². The van der Waals surface area contributed by atoms with Crippen molar-refractivity contribution in [3.8, 4) is 11.5 Å². The number of methoxy groups -OCH3 is 2. The Balaban J connectivity index is 1.31. The molecule has 0 saturated carbocycles. The Bertz CT molecular complexity index is 1440. The van der Waals surface area contributed by atoms with Crippen LogP contribution in [0.3, 0.4) is 0 Å². The minimum absolute atomic E-state index is 0.0181. The Kier molecular flexibility index (Phi) is 10.2. The molecule has 1 fully saturated rings. The summed E-state index contributed by atoms with van der Waals surface area (Å²) in [5.41, 5.74) is 5.73. The standard InChI is InChI=1S/C34H40N2O8/c1-21(42-22(2)38)33(39)35-28-11-9-25(10-12-28)34-43-29(17-30(44-34)24-7-5-23(20-37)6-8-24)19-36-14-13-26-15-31(40-3)32(41-4)16-27(26)18-36/h5-12,15-16,21,29-30,34,37H,13-14,17-20H2,1-4H3,(H,35,39)/t21-,29-,30+,34+/m0/s1. The molecule has 234 valence electrons. The number of aliphatic hydroxyl groups is 1. The predicted molar refractivity (Wildman–Crippen MR) is 163 cm³/mol. The number of hydrogen-bond donors (Lipinski definition) is 2. The van der Waals surface area contributed by atoms with Crippen molar-refractivity contribution in [2.45, 2.75) is 64.4 Å². The molecular formula is C34H40N2O8. The second kappa shape index (κ2) is 14.2. The quantitative estimate of drug-likeness (QED) is 0.318. The highest BCUT2D eigenvalue weighted by Gasteiger charge is 2.34. The molecule has 0 aliphatic carbocycles. The molecular weight excluding hydrogens is 564 g/mol. The van der Waals surface area contributed by atoms with Crippen molar-refractivity contribution in [1.82, 2.24) is 4.90 Å². The largest absolute Gasteiger partial charge is 0.493 e. The number of esters is 1. The van der Waals surface area contributed by atoms with Gasteiger partial charge in [-0.3, -0.25) is 14.5 Å². The van der Waals surface area contributed by atoms with E-state index in [0.29, 0.717) is 12.1 Å². The Morgan fingerprint density at radius 2 is 1.64 bits per heavy atom. The van der Waals surface area contributed by atoms with Crippen molar-refractivity contribution in [2.24, 2.45) is 0 Å². The third kappa shape index (κ3) is 7.57. The Morgan fingerprint density at radius 3 is 2.27 bits per heavy atom. The molecule has 0 spiro atoms. The molecule has 3 aromatic carbocycles. The lowest BCUT2D eigenvalue weighted by molar-refractivity contribution is -0.253. The average molecular weight is 605 g/mol. The first kappa shape index (κ1) is 31.5. The molecule has 10 nitrogen and oxygen atoms in total. The number of ether oxygens (including phenoxy) is 5. The van der Waals surface area contributed by atoms with Crippen LogP contribution in [0, 0.1) is 0 Å². The number of nitrogens with zero attached hydrogens (tertiary/aromatic N) is 1. The second-order valence-electron chi connectivity index (χ2n) is 11.2. The van der Waals surface area contributed by atoms with E-state index in [2.05, 4.69) is 22.3 Å². The topological polar surface area (TPSA) is 116 Å². The highest BCUT2D eigenvalue weighted by Crippen LogP contribution is 2.39. The molecule has 2 N–H and O–H groups in total. The molecule has 0 aromatic heterocycles. The summed E-state index contributed by atoms with van der Waals surface area (Å²) in [7, 11) is 3.31. The van der Waals surface area contributed by atoms with E-state index in [0.717, 1.165) is 54.2 Å². The fraction of sp³-hybridized carbons (Fsp3) is 0.412. The summed E-state index contributed by atoms with van der Waals surface area (Å²) < 4.78 is 29.0. The van der Waals surface area contributed by atoms with Gasteiger partial charge in [0.05, 0.1) is 33.0 Å². The second-order valence-corrected chi connectivity index (χ2v) is 11.2. The van der Waals surface area contributed by atoms with Gasteiger partial charge in [-0.25, -0.2) is 0 Å². The van der Waals surface area contributed by atoms with E-state index in [4.69, 9.17) is 23.7 Å². The molecule has 0 radical (unpaired) electrons. The lowest BCUT2D eigenvalue weighted by atomic mass is 9.97. The van der Waals surface area contributed by atoms with Gasteiger partial charge in [0.2, 0.25) is 0 Å². The summed E-state index contributed by atoms with van der Waals surface area (Å²) in [6.07, 6.45) is -0.272. The van der Waals surface area contributed by atoms with E-state index < -0.39 is 24.3 Å². The summed E-state index contributed by atoms with van der Waals surface area (Å²) in [5.74, 6) is 0.541. The van der Waals surface area contributed by atoms with Crippen molar-refractivity contribution in [1.29, 1.82) is 0 Å². The minimum atomic E-state index is -0.902. The van der Waals surface area contributed by atoms with Gasteiger partial charge in [0, 0.05) is 44.2 Å². The highest BCUT2D eigenvalue weighted by atomic mass is 16.7. The number of anilines is 1. The summed E-state index contributed by atoms with van der Waals surface area (Å²) in [5, 5.41) is 12.3. The molecule has 5 rings (SSSR count).